The van der Waals surface area contributed by atoms with Crippen molar-refractivity contribution in [3.8, 4) is 0 Å². The number of carboxylic acids is 1. The zero-order valence-electron chi connectivity index (χ0n) is 8.27. The minimum Gasteiger partial charge on any atom is -0.480 e. The predicted molar refractivity (Wildman–Crippen MR) is 61.9 cm³/mol. The van der Waals surface area contributed by atoms with E-state index < -0.39 is 10.7 Å². The van der Waals surface area contributed by atoms with E-state index in [-0.39, 0.29) is 18.6 Å². The number of rotatable bonds is 3. The maximum atomic E-state index is 11.1. The molecule has 0 heterocycles. The summed E-state index contributed by atoms with van der Waals surface area (Å²) in [5.41, 5.74) is 0. The fraction of sp³-hybridized carbons (Fsp3) is 0.273. The zero-order valence-corrected chi connectivity index (χ0v) is 9.85. The van der Waals surface area contributed by atoms with Gasteiger partial charge in [-0.05, 0) is 24.3 Å². The maximum absolute atomic E-state index is 11.1. The Hall–Kier alpha value is -1.00. The first-order chi connectivity index (χ1) is 7.52. The van der Waals surface area contributed by atoms with Crippen LogP contribution in [0.4, 0.5) is 0 Å². The molecule has 5 heteroatoms. The van der Waals surface area contributed by atoms with E-state index in [0.717, 1.165) is 4.90 Å². The minimum absolute atomic E-state index is 0.00358. The molecular formula is C11H9ClO3S. The summed E-state index contributed by atoms with van der Waals surface area (Å²) in [6.45, 7) is 0. The Morgan fingerprint density at radius 3 is 2.31 bits per heavy atom. The Balaban J connectivity index is 2.16. The van der Waals surface area contributed by atoms with Crippen LogP contribution >= 0.6 is 23.4 Å². The molecule has 0 bridgehead atoms. The van der Waals surface area contributed by atoms with Gasteiger partial charge in [-0.25, -0.2) is 0 Å². The van der Waals surface area contributed by atoms with Gasteiger partial charge in [0.05, 0.1) is 0 Å². The van der Waals surface area contributed by atoms with E-state index in [1.807, 2.05) is 0 Å². The van der Waals surface area contributed by atoms with E-state index in [1.165, 1.54) is 11.8 Å². The van der Waals surface area contributed by atoms with Crippen LogP contribution in [0.1, 0.15) is 12.8 Å². The zero-order chi connectivity index (χ0) is 11.8. The third kappa shape index (κ3) is 2.08. The van der Waals surface area contributed by atoms with E-state index in [1.54, 1.807) is 24.3 Å². The van der Waals surface area contributed by atoms with Gasteiger partial charge in [-0.1, -0.05) is 11.6 Å². The smallest absolute Gasteiger partial charge is 0.321 e. The quantitative estimate of drug-likeness (QED) is 0.903. The number of hydrogen-bond acceptors (Lipinski definition) is 3. The lowest BCUT2D eigenvalue weighted by atomic mass is 9.83. The van der Waals surface area contributed by atoms with Crippen LogP contribution in [0.2, 0.25) is 5.02 Å². The standard InChI is InChI=1S/C11H9ClO3S/c12-7-1-3-9(4-2-7)16-11(10(14)15)5-8(13)6-11/h1-4H,5-6H2,(H,14,15). The van der Waals surface area contributed by atoms with Crippen molar-refractivity contribution in [2.45, 2.75) is 22.5 Å². The van der Waals surface area contributed by atoms with Crippen molar-refractivity contribution in [3.05, 3.63) is 29.3 Å². The van der Waals surface area contributed by atoms with E-state index in [0.29, 0.717) is 5.02 Å². The number of ketones is 1. The Morgan fingerprint density at radius 1 is 1.31 bits per heavy atom. The summed E-state index contributed by atoms with van der Waals surface area (Å²) in [4.78, 5) is 22.9. The highest BCUT2D eigenvalue weighted by Crippen LogP contribution is 2.45. The average Bonchev–Trinajstić information content (AvgIpc) is 2.18. The van der Waals surface area contributed by atoms with Crippen LogP contribution in [0.5, 0.6) is 0 Å². The van der Waals surface area contributed by atoms with Gasteiger partial charge >= 0.3 is 5.97 Å². The summed E-state index contributed by atoms with van der Waals surface area (Å²) >= 11 is 6.96. The molecule has 0 atom stereocenters. The van der Waals surface area contributed by atoms with Gasteiger partial charge in [-0.2, -0.15) is 0 Å². The largest absolute Gasteiger partial charge is 0.480 e. The van der Waals surface area contributed by atoms with Crippen molar-refractivity contribution in [2.75, 3.05) is 0 Å². The summed E-state index contributed by atoms with van der Waals surface area (Å²) in [5.74, 6) is -0.920. The Morgan fingerprint density at radius 2 is 1.88 bits per heavy atom. The molecule has 0 radical (unpaired) electrons. The molecular weight excluding hydrogens is 248 g/mol. The Bertz CT molecular complexity index is 433. The first kappa shape index (κ1) is 11.5. The number of hydrogen-bond donors (Lipinski definition) is 1. The molecule has 0 aliphatic heterocycles. The molecule has 0 unspecified atom stereocenters. The molecule has 2 rings (SSSR count). The highest BCUT2D eigenvalue weighted by molar-refractivity contribution is 8.01. The highest BCUT2D eigenvalue weighted by atomic mass is 35.5. The van der Waals surface area contributed by atoms with Crippen LogP contribution in [0.25, 0.3) is 0 Å². The van der Waals surface area contributed by atoms with Crippen molar-refractivity contribution in [1.29, 1.82) is 0 Å². The topological polar surface area (TPSA) is 54.4 Å². The van der Waals surface area contributed by atoms with Crippen molar-refractivity contribution in [1.82, 2.24) is 0 Å². The van der Waals surface area contributed by atoms with E-state index in [2.05, 4.69) is 0 Å². The summed E-state index contributed by atoms with van der Waals surface area (Å²) in [6, 6.07) is 6.95. The highest BCUT2D eigenvalue weighted by Gasteiger charge is 2.51. The summed E-state index contributed by atoms with van der Waals surface area (Å²) < 4.78 is -0.967. The molecule has 1 aliphatic rings. The third-order valence-electron chi connectivity index (χ3n) is 2.48. The normalized spacial score (nSPS) is 17.9. The summed E-state index contributed by atoms with van der Waals surface area (Å²) in [7, 11) is 0. The molecule has 1 aromatic carbocycles. The van der Waals surface area contributed by atoms with Gasteiger partial charge in [-0.15, -0.1) is 11.8 Å². The molecule has 1 aliphatic carbocycles. The Kier molecular flexibility index (Phi) is 2.95. The molecule has 0 aromatic heterocycles. The molecule has 0 amide bonds. The summed E-state index contributed by atoms with van der Waals surface area (Å²) in [6.07, 6.45) is 0.214. The molecule has 1 saturated carbocycles. The molecule has 16 heavy (non-hydrogen) atoms. The first-order valence-corrected chi connectivity index (χ1v) is 5.91. The van der Waals surface area contributed by atoms with Crippen molar-refractivity contribution in [2.24, 2.45) is 0 Å². The Labute approximate surface area is 102 Å². The molecule has 0 saturated heterocycles. The maximum Gasteiger partial charge on any atom is 0.321 e. The SMILES string of the molecule is O=C1CC(Sc2ccc(Cl)cc2)(C(=O)O)C1. The molecule has 1 N–H and O–H groups in total. The molecule has 0 spiro atoms. The number of aliphatic carboxylic acids is 1. The molecule has 84 valence electrons. The number of carbonyl (C=O) groups excluding carboxylic acids is 1. The first-order valence-electron chi connectivity index (χ1n) is 4.71. The predicted octanol–water partition coefficient (Wildman–Crippen LogP) is 2.62. The van der Waals surface area contributed by atoms with Gasteiger partial charge in [0.1, 0.15) is 10.5 Å². The second-order valence-corrected chi connectivity index (χ2v) is 5.64. The van der Waals surface area contributed by atoms with Crippen LogP contribution in [-0.4, -0.2) is 21.6 Å². The summed E-state index contributed by atoms with van der Waals surface area (Å²) in [5, 5.41) is 9.73. The van der Waals surface area contributed by atoms with E-state index >= 15 is 0 Å². The monoisotopic (exact) mass is 256 g/mol. The second-order valence-electron chi connectivity index (χ2n) is 3.75. The van der Waals surface area contributed by atoms with E-state index in [4.69, 9.17) is 16.7 Å². The molecule has 1 aromatic rings. The number of carboxylic acid groups (broad SMARTS) is 1. The lowest BCUT2D eigenvalue weighted by Gasteiger charge is -2.35. The number of Topliss-reactive ketones (excluding diaryl/α,β-unsaturated/α-hetero) is 1. The van der Waals surface area contributed by atoms with Gasteiger partial charge in [0, 0.05) is 22.8 Å². The van der Waals surface area contributed by atoms with Gasteiger partial charge in [0.25, 0.3) is 0 Å². The van der Waals surface area contributed by atoms with Crippen molar-refractivity contribution in [3.63, 3.8) is 0 Å². The number of benzene rings is 1. The fourth-order valence-electron chi connectivity index (χ4n) is 1.58. The lowest BCUT2D eigenvalue weighted by Crippen LogP contribution is -2.48. The van der Waals surface area contributed by atoms with Crippen LogP contribution < -0.4 is 0 Å². The van der Waals surface area contributed by atoms with Crippen LogP contribution in [0.3, 0.4) is 0 Å². The van der Waals surface area contributed by atoms with Crippen molar-refractivity contribution < 1.29 is 14.7 Å². The average molecular weight is 257 g/mol. The van der Waals surface area contributed by atoms with E-state index in [9.17, 15) is 9.59 Å². The molecule has 1 fully saturated rings. The molecule has 3 nitrogen and oxygen atoms in total. The number of thioether (sulfide) groups is 1. The van der Waals surface area contributed by atoms with Gasteiger partial charge in [0.15, 0.2) is 0 Å². The van der Waals surface area contributed by atoms with Gasteiger partial charge < -0.3 is 5.11 Å². The fourth-order valence-corrected chi connectivity index (χ4v) is 2.98. The van der Waals surface area contributed by atoms with Crippen LogP contribution in [0, 0.1) is 0 Å². The second kappa shape index (κ2) is 4.11. The van der Waals surface area contributed by atoms with Crippen LogP contribution in [-0.2, 0) is 9.59 Å². The third-order valence-corrected chi connectivity index (χ3v) is 4.10. The number of carbonyl (C=O) groups is 2. The van der Waals surface area contributed by atoms with Gasteiger partial charge in [0.2, 0.25) is 0 Å². The lowest BCUT2D eigenvalue weighted by molar-refractivity contribution is -0.147. The van der Waals surface area contributed by atoms with Crippen molar-refractivity contribution >= 4 is 35.1 Å². The van der Waals surface area contributed by atoms with Gasteiger partial charge in [-0.3, -0.25) is 9.59 Å². The minimum atomic E-state index is -0.967. The number of halogens is 1. The van der Waals surface area contributed by atoms with Crippen LogP contribution in [0.15, 0.2) is 29.2 Å².